The molecule has 0 saturated heterocycles. The summed E-state index contributed by atoms with van der Waals surface area (Å²) in [6.07, 6.45) is 0. The predicted molar refractivity (Wildman–Crippen MR) is 90.4 cm³/mol. The van der Waals surface area contributed by atoms with Crippen molar-refractivity contribution in [1.29, 1.82) is 0 Å². The summed E-state index contributed by atoms with van der Waals surface area (Å²) in [5, 5.41) is 4.76. The Morgan fingerprint density at radius 1 is 1.10 bits per heavy atom. The molecule has 0 amide bonds. The van der Waals surface area contributed by atoms with Gasteiger partial charge in [0.2, 0.25) is 0 Å². The van der Waals surface area contributed by atoms with Crippen LogP contribution in [0.3, 0.4) is 0 Å². The van der Waals surface area contributed by atoms with E-state index >= 15 is 0 Å². The van der Waals surface area contributed by atoms with Crippen molar-refractivity contribution in [2.75, 3.05) is 7.11 Å². The molecule has 0 radical (unpaired) electrons. The lowest BCUT2D eigenvalue weighted by atomic mass is 10.0. The van der Waals surface area contributed by atoms with Crippen LogP contribution in [-0.4, -0.2) is 13.2 Å². The third kappa shape index (κ3) is 4.13. The van der Waals surface area contributed by atoms with Gasteiger partial charge in [-0.05, 0) is 35.9 Å². The average Bonchev–Trinajstić information content (AvgIpc) is 2.47. The summed E-state index contributed by atoms with van der Waals surface area (Å²) in [6, 6.07) is 11.9. The van der Waals surface area contributed by atoms with E-state index in [-0.39, 0.29) is 0 Å². The summed E-state index contributed by atoms with van der Waals surface area (Å²) in [7, 11) is 1.68. The van der Waals surface area contributed by atoms with Crippen LogP contribution in [0, 0.1) is 0 Å². The van der Waals surface area contributed by atoms with Crippen LogP contribution in [0.2, 0.25) is 10.0 Å². The lowest BCUT2D eigenvalue weighted by Gasteiger charge is -2.14. The third-order valence-electron chi connectivity index (χ3n) is 3.22. The largest absolute Gasteiger partial charge is 0.496 e. The van der Waals surface area contributed by atoms with Crippen molar-refractivity contribution in [1.82, 2.24) is 5.32 Å². The fourth-order valence-corrected chi connectivity index (χ4v) is 2.52. The molecule has 0 aliphatic carbocycles. The first-order valence-electron chi connectivity index (χ1n) is 6.87. The third-order valence-corrected chi connectivity index (χ3v) is 3.79. The van der Waals surface area contributed by atoms with E-state index in [1.54, 1.807) is 13.2 Å². The van der Waals surface area contributed by atoms with Gasteiger partial charge >= 0.3 is 0 Å². The van der Waals surface area contributed by atoms with E-state index in [0.29, 0.717) is 16.1 Å². The zero-order valence-corrected chi connectivity index (χ0v) is 13.9. The summed E-state index contributed by atoms with van der Waals surface area (Å²) in [5.74, 6) is 0.866. The summed E-state index contributed by atoms with van der Waals surface area (Å²) >= 11 is 12.4. The van der Waals surface area contributed by atoms with E-state index in [0.717, 1.165) is 29.0 Å². The van der Waals surface area contributed by atoms with Gasteiger partial charge in [0.1, 0.15) is 5.75 Å². The fourth-order valence-electron chi connectivity index (χ4n) is 2.12. The zero-order chi connectivity index (χ0) is 15.4. The maximum Gasteiger partial charge on any atom is 0.123 e. The Labute approximate surface area is 136 Å². The van der Waals surface area contributed by atoms with Gasteiger partial charge in [0.25, 0.3) is 0 Å². The van der Waals surface area contributed by atoms with Gasteiger partial charge in [0.15, 0.2) is 0 Å². The number of benzene rings is 2. The van der Waals surface area contributed by atoms with Gasteiger partial charge in [0.05, 0.1) is 7.11 Å². The van der Waals surface area contributed by atoms with Crippen LogP contribution < -0.4 is 10.1 Å². The lowest BCUT2D eigenvalue weighted by Crippen LogP contribution is -2.22. The molecule has 0 saturated carbocycles. The fraction of sp³-hybridized carbons (Fsp3) is 0.294. The number of hydrogen-bond acceptors (Lipinski definition) is 2. The van der Waals surface area contributed by atoms with Crippen LogP contribution in [0.25, 0.3) is 11.1 Å². The molecular formula is C17H19Cl2NO. The Balaban J connectivity index is 2.41. The normalized spacial score (nSPS) is 11.0. The molecule has 0 atom stereocenters. The molecule has 2 rings (SSSR count). The SMILES string of the molecule is COc1ccc(-c2cc(Cl)ccc2Cl)cc1CNC(C)C. The van der Waals surface area contributed by atoms with Gasteiger partial charge in [-0.15, -0.1) is 0 Å². The second-order valence-corrected chi connectivity index (χ2v) is 6.03. The summed E-state index contributed by atoms with van der Waals surface area (Å²) in [6.45, 7) is 4.97. The molecule has 0 unspecified atom stereocenters. The molecule has 0 bridgehead atoms. The molecule has 2 aromatic rings. The van der Waals surface area contributed by atoms with E-state index in [9.17, 15) is 0 Å². The van der Waals surface area contributed by atoms with Crippen molar-refractivity contribution < 1.29 is 4.74 Å². The van der Waals surface area contributed by atoms with E-state index in [1.807, 2.05) is 24.3 Å². The molecule has 4 heteroatoms. The van der Waals surface area contributed by atoms with E-state index in [4.69, 9.17) is 27.9 Å². The molecule has 21 heavy (non-hydrogen) atoms. The molecule has 0 spiro atoms. The quantitative estimate of drug-likeness (QED) is 0.819. The molecule has 2 nitrogen and oxygen atoms in total. The number of ether oxygens (including phenoxy) is 1. The average molecular weight is 324 g/mol. The van der Waals surface area contributed by atoms with Crippen LogP contribution in [0.5, 0.6) is 5.75 Å². The van der Waals surface area contributed by atoms with Crippen LogP contribution >= 0.6 is 23.2 Å². The molecule has 2 aromatic carbocycles. The molecular weight excluding hydrogens is 305 g/mol. The highest BCUT2D eigenvalue weighted by atomic mass is 35.5. The summed E-state index contributed by atoms with van der Waals surface area (Å²) < 4.78 is 5.42. The smallest absolute Gasteiger partial charge is 0.123 e. The zero-order valence-electron chi connectivity index (χ0n) is 12.4. The highest BCUT2D eigenvalue weighted by Gasteiger charge is 2.09. The number of halogens is 2. The maximum atomic E-state index is 6.28. The Morgan fingerprint density at radius 3 is 2.52 bits per heavy atom. The van der Waals surface area contributed by atoms with Crippen molar-refractivity contribution >= 4 is 23.2 Å². The van der Waals surface area contributed by atoms with Crippen LogP contribution in [-0.2, 0) is 6.54 Å². The van der Waals surface area contributed by atoms with Gasteiger partial charge in [-0.25, -0.2) is 0 Å². The minimum Gasteiger partial charge on any atom is -0.496 e. The van der Waals surface area contributed by atoms with Crippen molar-refractivity contribution in [3.63, 3.8) is 0 Å². The molecule has 0 heterocycles. The first-order chi connectivity index (χ1) is 10.0. The predicted octanol–water partition coefficient (Wildman–Crippen LogP) is 5.17. The number of nitrogens with one attached hydrogen (secondary N) is 1. The molecule has 0 fully saturated rings. The first-order valence-corrected chi connectivity index (χ1v) is 7.62. The summed E-state index contributed by atoms with van der Waals surface area (Å²) in [4.78, 5) is 0. The monoisotopic (exact) mass is 323 g/mol. The second-order valence-electron chi connectivity index (χ2n) is 5.19. The minimum atomic E-state index is 0.410. The molecule has 1 N–H and O–H groups in total. The van der Waals surface area contributed by atoms with Crippen LogP contribution in [0.4, 0.5) is 0 Å². The Kier molecular flexibility index (Phi) is 5.51. The molecule has 0 aliphatic heterocycles. The molecule has 0 aliphatic rings. The van der Waals surface area contributed by atoms with Gasteiger partial charge < -0.3 is 10.1 Å². The molecule has 112 valence electrons. The first kappa shape index (κ1) is 16.2. The van der Waals surface area contributed by atoms with Crippen molar-refractivity contribution in [2.24, 2.45) is 0 Å². The van der Waals surface area contributed by atoms with E-state index < -0.39 is 0 Å². The number of rotatable bonds is 5. The van der Waals surface area contributed by atoms with Crippen molar-refractivity contribution in [2.45, 2.75) is 26.4 Å². The van der Waals surface area contributed by atoms with Crippen molar-refractivity contribution in [3.8, 4) is 16.9 Å². The van der Waals surface area contributed by atoms with E-state index in [2.05, 4.69) is 25.2 Å². The second kappa shape index (κ2) is 7.17. The Morgan fingerprint density at radius 2 is 1.86 bits per heavy atom. The van der Waals surface area contributed by atoms with Crippen LogP contribution in [0.1, 0.15) is 19.4 Å². The standard InChI is InChI=1S/C17H19Cl2NO/c1-11(2)20-10-13-8-12(4-7-17(13)21-3)15-9-14(18)5-6-16(15)19/h4-9,11,20H,10H2,1-3H3. The number of hydrogen-bond donors (Lipinski definition) is 1. The Bertz CT molecular complexity index is 626. The topological polar surface area (TPSA) is 21.3 Å². The number of methoxy groups -OCH3 is 1. The van der Waals surface area contributed by atoms with Gasteiger partial charge in [-0.1, -0.05) is 43.1 Å². The van der Waals surface area contributed by atoms with E-state index in [1.165, 1.54) is 0 Å². The minimum absolute atomic E-state index is 0.410. The summed E-state index contributed by atoms with van der Waals surface area (Å²) in [5.41, 5.74) is 3.06. The van der Waals surface area contributed by atoms with Crippen LogP contribution in [0.15, 0.2) is 36.4 Å². The highest BCUT2D eigenvalue weighted by Crippen LogP contribution is 2.33. The molecule has 0 aromatic heterocycles. The Hall–Kier alpha value is -1.22. The van der Waals surface area contributed by atoms with Gasteiger partial charge in [-0.2, -0.15) is 0 Å². The van der Waals surface area contributed by atoms with Gasteiger partial charge in [-0.3, -0.25) is 0 Å². The highest BCUT2D eigenvalue weighted by molar-refractivity contribution is 6.35. The lowest BCUT2D eigenvalue weighted by molar-refractivity contribution is 0.406. The maximum absolute atomic E-state index is 6.28. The van der Waals surface area contributed by atoms with Gasteiger partial charge in [0, 0.05) is 33.8 Å². The van der Waals surface area contributed by atoms with Crippen molar-refractivity contribution in [3.05, 3.63) is 52.0 Å².